The Morgan fingerprint density at radius 3 is 1.19 bits per heavy atom. The van der Waals surface area contributed by atoms with Gasteiger partial charge in [-0.15, -0.1) is 0 Å². The molecule has 0 N–H and O–H groups in total. The summed E-state index contributed by atoms with van der Waals surface area (Å²) in [7, 11) is 2.63. The second-order valence-electron chi connectivity index (χ2n) is 5.35. The smallest absolute Gasteiger partial charge is 0.469 e. The molecule has 0 spiro atoms. The van der Waals surface area contributed by atoms with Crippen LogP contribution in [0.1, 0.15) is 25.7 Å². The Balaban J connectivity index is 0.000000483. The summed E-state index contributed by atoms with van der Waals surface area (Å²) in [5, 5.41) is 0. The number of carbonyl (C=O) groups excluding carboxylic acids is 4. The molecule has 2 saturated carbocycles. The summed E-state index contributed by atoms with van der Waals surface area (Å²) in [6, 6.07) is 0. The number of ether oxygens (including phenoxy) is 2. The second kappa shape index (κ2) is 14.8. The van der Waals surface area contributed by atoms with E-state index in [1.54, 1.807) is 51.4 Å². The average Bonchev–Trinajstić information content (AvgIpc) is 3.37. The number of ketones is 2. The molecule has 7 heteroatoms. The Bertz CT molecular complexity index is 435. The van der Waals surface area contributed by atoms with Gasteiger partial charge in [0, 0.05) is 24.7 Å². The fourth-order valence-electron chi connectivity index (χ4n) is 2.04. The van der Waals surface area contributed by atoms with Crippen molar-refractivity contribution in [3.8, 4) is 0 Å². The Morgan fingerprint density at radius 1 is 0.630 bits per heavy atom. The third-order valence-electron chi connectivity index (χ3n) is 3.54. The molecule has 2 fully saturated rings. The quantitative estimate of drug-likeness (QED) is 0.445. The van der Waals surface area contributed by atoms with Crippen molar-refractivity contribution in [3.63, 3.8) is 0 Å². The molecule has 27 heavy (non-hydrogen) atoms. The minimum atomic E-state index is -0.347. The molecule has 0 unspecified atom stereocenters. The van der Waals surface area contributed by atoms with Crippen LogP contribution in [0.4, 0.5) is 0 Å². The summed E-state index contributed by atoms with van der Waals surface area (Å²) in [5.41, 5.74) is 0. The minimum absolute atomic E-state index is 0. The maximum Gasteiger partial charge on any atom is 2.00 e. The van der Waals surface area contributed by atoms with Crippen molar-refractivity contribution in [2.75, 3.05) is 14.2 Å². The van der Waals surface area contributed by atoms with Gasteiger partial charge in [0.05, 0.1) is 27.1 Å². The van der Waals surface area contributed by atoms with E-state index in [4.69, 9.17) is 0 Å². The third kappa shape index (κ3) is 10.6. The second-order valence-corrected chi connectivity index (χ2v) is 5.35. The monoisotopic (exact) mass is 414 g/mol. The van der Waals surface area contributed by atoms with E-state index in [2.05, 4.69) is 9.47 Å². The summed E-state index contributed by atoms with van der Waals surface area (Å²) in [5.74, 6) is 0.582. The Kier molecular flexibility index (Phi) is 14.1. The van der Waals surface area contributed by atoms with Gasteiger partial charge in [0.1, 0.15) is 11.6 Å². The van der Waals surface area contributed by atoms with Crippen molar-refractivity contribution in [3.05, 3.63) is 63.2 Å². The van der Waals surface area contributed by atoms with E-state index < -0.39 is 0 Å². The number of rotatable bonds is 8. The number of carbonyl (C=O) groups is 4. The van der Waals surface area contributed by atoms with Crippen LogP contribution in [0.15, 0.2) is 0 Å². The molecule has 6 nitrogen and oxygen atoms in total. The van der Waals surface area contributed by atoms with E-state index in [9.17, 15) is 19.2 Å². The molecule has 2 rings (SSSR count). The van der Waals surface area contributed by atoms with Gasteiger partial charge in [-0.05, 0) is 51.4 Å². The van der Waals surface area contributed by atoms with E-state index in [1.807, 2.05) is 0 Å². The fraction of sp³-hybridized carbons (Fsp3) is 0.300. The van der Waals surface area contributed by atoms with Gasteiger partial charge in [-0.1, -0.05) is 0 Å². The third-order valence-corrected chi connectivity index (χ3v) is 3.54. The van der Waals surface area contributed by atoms with Gasteiger partial charge in [-0.25, -0.2) is 0 Å². The maximum absolute atomic E-state index is 11.3. The van der Waals surface area contributed by atoms with Crippen LogP contribution in [0.3, 0.4) is 0 Å². The molecular formula is C20H22FeO6+2. The molecule has 0 saturated heterocycles. The summed E-state index contributed by atoms with van der Waals surface area (Å²) in [6.45, 7) is 0. The first-order chi connectivity index (χ1) is 12.5. The van der Waals surface area contributed by atoms with Crippen LogP contribution in [0.2, 0.25) is 0 Å². The summed E-state index contributed by atoms with van der Waals surface area (Å²) in [4.78, 5) is 44.1. The minimum Gasteiger partial charge on any atom is -0.469 e. The van der Waals surface area contributed by atoms with E-state index in [-0.39, 0.29) is 66.3 Å². The van der Waals surface area contributed by atoms with Gasteiger partial charge in [-0.3, -0.25) is 19.2 Å². The van der Waals surface area contributed by atoms with Crippen LogP contribution in [-0.4, -0.2) is 37.7 Å². The van der Waals surface area contributed by atoms with E-state index in [0.29, 0.717) is 11.8 Å². The summed E-state index contributed by atoms with van der Waals surface area (Å²) >= 11 is 0. The van der Waals surface area contributed by atoms with Gasteiger partial charge in [0.15, 0.2) is 0 Å². The first-order valence-electron chi connectivity index (χ1n) is 8.11. The molecule has 0 amide bonds. The molecule has 0 atom stereocenters. The Hall–Kier alpha value is -1.20. The number of hydrogen-bond donors (Lipinski definition) is 0. The maximum atomic E-state index is 11.3. The predicted octanol–water partition coefficient (Wildman–Crippen LogP) is 1.83. The molecule has 2 aliphatic carbocycles. The molecule has 144 valence electrons. The Morgan fingerprint density at radius 2 is 0.926 bits per heavy atom. The SMILES string of the molecule is COC(=O)CCC(=O)[C]1[CH][CH][CH][CH]1.COC(=O)CCC(=O)[C]1[CH][CH][CH][CH]1.[Fe+2]. The summed E-state index contributed by atoms with van der Waals surface area (Å²) in [6.07, 6.45) is 14.9. The molecule has 10 radical (unpaired) electrons. The van der Waals surface area contributed by atoms with Crippen molar-refractivity contribution >= 4 is 23.5 Å². The van der Waals surface area contributed by atoms with Gasteiger partial charge in [-0.2, -0.15) is 0 Å². The zero-order chi connectivity index (χ0) is 19.4. The summed E-state index contributed by atoms with van der Waals surface area (Å²) < 4.78 is 8.85. The molecule has 0 aliphatic heterocycles. The molecule has 2 aliphatic rings. The molecule has 0 aromatic rings. The number of hydrogen-bond acceptors (Lipinski definition) is 6. The molecular weight excluding hydrogens is 392 g/mol. The van der Waals surface area contributed by atoms with E-state index in [0.717, 1.165) is 0 Å². The van der Waals surface area contributed by atoms with Gasteiger partial charge >= 0.3 is 29.0 Å². The van der Waals surface area contributed by atoms with Crippen LogP contribution in [0, 0.1) is 63.2 Å². The van der Waals surface area contributed by atoms with Crippen LogP contribution in [-0.2, 0) is 45.7 Å². The first kappa shape index (κ1) is 25.8. The normalized spacial score (nSPS) is 16.7. The van der Waals surface area contributed by atoms with Gasteiger partial charge in [0.2, 0.25) is 0 Å². The topological polar surface area (TPSA) is 86.7 Å². The van der Waals surface area contributed by atoms with Crippen molar-refractivity contribution in [2.24, 2.45) is 0 Å². The van der Waals surface area contributed by atoms with E-state index in [1.165, 1.54) is 14.2 Å². The zero-order valence-electron chi connectivity index (χ0n) is 15.3. The average molecular weight is 414 g/mol. The number of esters is 2. The van der Waals surface area contributed by atoms with Crippen molar-refractivity contribution in [2.45, 2.75) is 25.7 Å². The standard InChI is InChI=1S/2C10H11O3.Fe/c2*1-13-10(12)7-6-9(11)8-4-2-3-5-8;/h2*2-5H,6-7H2,1H3;/q;;+2. The largest absolute Gasteiger partial charge is 2.00 e. The van der Waals surface area contributed by atoms with Crippen LogP contribution in [0.25, 0.3) is 0 Å². The number of Topliss-reactive ketones (excluding diaryl/α,β-unsaturated/α-hetero) is 2. The molecule has 0 bridgehead atoms. The van der Waals surface area contributed by atoms with Gasteiger partial charge < -0.3 is 9.47 Å². The van der Waals surface area contributed by atoms with E-state index >= 15 is 0 Å². The first-order valence-corrected chi connectivity index (χ1v) is 8.11. The molecule has 0 aromatic carbocycles. The molecule has 0 heterocycles. The molecule has 0 aromatic heterocycles. The van der Waals surface area contributed by atoms with Gasteiger partial charge in [0.25, 0.3) is 0 Å². The van der Waals surface area contributed by atoms with Crippen molar-refractivity contribution < 1.29 is 45.7 Å². The Labute approximate surface area is 172 Å². The number of methoxy groups -OCH3 is 2. The van der Waals surface area contributed by atoms with Crippen LogP contribution >= 0.6 is 0 Å². The fourth-order valence-corrected chi connectivity index (χ4v) is 2.04. The predicted molar refractivity (Wildman–Crippen MR) is 93.4 cm³/mol. The van der Waals surface area contributed by atoms with Crippen molar-refractivity contribution in [1.29, 1.82) is 0 Å². The zero-order valence-corrected chi connectivity index (χ0v) is 16.4. The van der Waals surface area contributed by atoms with Crippen LogP contribution < -0.4 is 0 Å². The van der Waals surface area contributed by atoms with Crippen molar-refractivity contribution in [1.82, 2.24) is 0 Å². The van der Waals surface area contributed by atoms with Crippen LogP contribution in [0.5, 0.6) is 0 Å².